The Hall–Kier alpha value is -3.07. The zero-order valence-corrected chi connectivity index (χ0v) is 12.5. The van der Waals surface area contributed by atoms with Gasteiger partial charge in [0.05, 0.1) is 6.42 Å². The molecule has 0 saturated carbocycles. The lowest BCUT2D eigenvalue weighted by Crippen LogP contribution is -2.13. The summed E-state index contributed by atoms with van der Waals surface area (Å²) in [6.07, 6.45) is 2.27. The summed E-state index contributed by atoms with van der Waals surface area (Å²) in [5.74, 6) is -0.0133. The van der Waals surface area contributed by atoms with Gasteiger partial charge in [0.25, 0.3) is 0 Å². The molecule has 0 atom stereocenters. The van der Waals surface area contributed by atoms with E-state index in [1.165, 1.54) is 10.8 Å². The second kappa shape index (κ2) is 5.61. The Morgan fingerprint density at radius 1 is 0.913 bits per heavy atom. The normalized spacial score (nSPS) is 12.4. The molecular formula is C20H16N2O. The molecule has 0 radical (unpaired) electrons. The van der Waals surface area contributed by atoms with Crippen molar-refractivity contribution in [2.75, 3.05) is 10.6 Å². The number of anilines is 2. The standard InChI is InChI=1S/C20H16N2O/c23-19(22-16-8-2-1-3-9-16)12-15-13-21-18-11-5-7-14-6-4-10-17(15)20(14)18/h1-11,13,21H,12H2,(H,22,23). The summed E-state index contributed by atoms with van der Waals surface area (Å²) < 4.78 is 0. The number of hydrogen-bond donors (Lipinski definition) is 2. The molecule has 0 unspecified atom stereocenters. The van der Waals surface area contributed by atoms with Gasteiger partial charge in [-0.1, -0.05) is 48.5 Å². The fraction of sp³-hybridized carbons (Fsp3) is 0.0500. The molecule has 3 heteroatoms. The van der Waals surface area contributed by atoms with Crippen molar-refractivity contribution in [3.8, 4) is 0 Å². The van der Waals surface area contributed by atoms with Gasteiger partial charge in [-0.3, -0.25) is 4.79 Å². The minimum absolute atomic E-state index is 0.0133. The highest BCUT2D eigenvalue weighted by atomic mass is 16.1. The van der Waals surface area contributed by atoms with Crippen LogP contribution in [0.25, 0.3) is 16.3 Å². The lowest BCUT2D eigenvalue weighted by Gasteiger charge is -2.19. The molecule has 0 fully saturated rings. The first-order valence-electron chi connectivity index (χ1n) is 7.64. The second-order valence-electron chi connectivity index (χ2n) is 5.61. The van der Waals surface area contributed by atoms with Crippen LogP contribution in [0.1, 0.15) is 12.0 Å². The smallest absolute Gasteiger partial charge is 0.228 e. The van der Waals surface area contributed by atoms with Gasteiger partial charge in [-0.25, -0.2) is 0 Å². The van der Waals surface area contributed by atoms with E-state index >= 15 is 0 Å². The van der Waals surface area contributed by atoms with Gasteiger partial charge >= 0.3 is 0 Å². The van der Waals surface area contributed by atoms with Crippen molar-refractivity contribution >= 4 is 33.6 Å². The van der Waals surface area contributed by atoms with E-state index in [4.69, 9.17) is 0 Å². The first-order valence-corrected chi connectivity index (χ1v) is 7.64. The first-order chi connectivity index (χ1) is 11.3. The predicted molar refractivity (Wildman–Crippen MR) is 95.2 cm³/mol. The van der Waals surface area contributed by atoms with Gasteiger partial charge in [0.1, 0.15) is 0 Å². The van der Waals surface area contributed by atoms with Crippen molar-refractivity contribution in [2.45, 2.75) is 6.42 Å². The Labute approximate surface area is 134 Å². The summed E-state index contributed by atoms with van der Waals surface area (Å²) in [4.78, 5) is 12.3. The Morgan fingerprint density at radius 3 is 2.52 bits per heavy atom. The van der Waals surface area contributed by atoms with Crippen LogP contribution in [0.4, 0.5) is 11.4 Å². The summed E-state index contributed by atoms with van der Waals surface area (Å²) in [6, 6.07) is 21.9. The third-order valence-corrected chi connectivity index (χ3v) is 4.06. The van der Waals surface area contributed by atoms with Gasteiger partial charge in [0, 0.05) is 23.0 Å². The third kappa shape index (κ3) is 2.57. The minimum atomic E-state index is -0.0133. The SMILES string of the molecule is O=C(CC1=CNc2cccc3cccc1c23)Nc1ccccc1. The van der Waals surface area contributed by atoms with Crippen LogP contribution in [0, 0.1) is 0 Å². The molecule has 4 rings (SSSR count). The fourth-order valence-electron chi connectivity index (χ4n) is 3.02. The largest absolute Gasteiger partial charge is 0.361 e. The van der Waals surface area contributed by atoms with Crippen LogP contribution < -0.4 is 10.6 Å². The van der Waals surface area contributed by atoms with Crippen molar-refractivity contribution in [1.82, 2.24) is 0 Å². The number of carbonyl (C=O) groups is 1. The molecule has 3 aromatic rings. The Morgan fingerprint density at radius 2 is 1.70 bits per heavy atom. The van der Waals surface area contributed by atoms with Gasteiger partial charge in [-0.15, -0.1) is 0 Å². The Balaban J connectivity index is 1.62. The van der Waals surface area contributed by atoms with Crippen LogP contribution in [0.5, 0.6) is 0 Å². The van der Waals surface area contributed by atoms with Crippen LogP contribution in [0.15, 0.2) is 72.9 Å². The zero-order valence-electron chi connectivity index (χ0n) is 12.5. The molecule has 2 N–H and O–H groups in total. The maximum atomic E-state index is 12.3. The topological polar surface area (TPSA) is 41.1 Å². The van der Waals surface area contributed by atoms with E-state index in [0.717, 1.165) is 22.5 Å². The van der Waals surface area contributed by atoms with E-state index in [1.807, 2.05) is 48.7 Å². The van der Waals surface area contributed by atoms with Gasteiger partial charge < -0.3 is 10.6 Å². The van der Waals surface area contributed by atoms with Crippen molar-refractivity contribution in [3.63, 3.8) is 0 Å². The maximum Gasteiger partial charge on any atom is 0.228 e. The van der Waals surface area contributed by atoms with E-state index in [-0.39, 0.29) is 5.91 Å². The first kappa shape index (κ1) is 13.6. The molecule has 3 aromatic carbocycles. The number of rotatable bonds is 3. The fourth-order valence-corrected chi connectivity index (χ4v) is 3.02. The molecule has 1 aliphatic rings. The van der Waals surface area contributed by atoms with E-state index in [9.17, 15) is 4.79 Å². The number of carbonyl (C=O) groups excluding carboxylic acids is 1. The monoisotopic (exact) mass is 300 g/mol. The van der Waals surface area contributed by atoms with Crippen molar-refractivity contribution in [1.29, 1.82) is 0 Å². The lowest BCUT2D eigenvalue weighted by atomic mass is 9.93. The number of benzene rings is 3. The highest BCUT2D eigenvalue weighted by Gasteiger charge is 2.16. The molecule has 112 valence electrons. The van der Waals surface area contributed by atoms with E-state index in [0.29, 0.717) is 6.42 Å². The average Bonchev–Trinajstić information content (AvgIpc) is 2.58. The van der Waals surface area contributed by atoms with E-state index in [2.05, 4.69) is 34.9 Å². The van der Waals surface area contributed by atoms with Crippen molar-refractivity contribution < 1.29 is 4.79 Å². The summed E-state index contributed by atoms with van der Waals surface area (Å²) in [5.41, 5.74) is 4.04. The highest BCUT2D eigenvalue weighted by Crippen LogP contribution is 2.36. The van der Waals surface area contributed by atoms with Gasteiger partial charge in [0.2, 0.25) is 5.91 Å². The van der Waals surface area contributed by atoms with Crippen LogP contribution in [-0.4, -0.2) is 5.91 Å². The van der Waals surface area contributed by atoms with Crippen molar-refractivity contribution in [2.24, 2.45) is 0 Å². The molecule has 1 amide bonds. The average molecular weight is 300 g/mol. The lowest BCUT2D eigenvalue weighted by molar-refractivity contribution is -0.115. The summed E-state index contributed by atoms with van der Waals surface area (Å²) >= 11 is 0. The number of nitrogens with one attached hydrogen (secondary N) is 2. The molecule has 0 saturated heterocycles. The Bertz CT molecular complexity index is 908. The van der Waals surface area contributed by atoms with Crippen molar-refractivity contribution in [3.05, 3.63) is 78.5 Å². The second-order valence-corrected chi connectivity index (χ2v) is 5.61. The number of para-hydroxylation sites is 1. The predicted octanol–water partition coefficient (Wildman–Crippen LogP) is 4.64. The molecule has 1 aliphatic heterocycles. The summed E-state index contributed by atoms with van der Waals surface area (Å²) in [6.45, 7) is 0. The van der Waals surface area contributed by atoms with Crippen LogP contribution >= 0.6 is 0 Å². The van der Waals surface area contributed by atoms with Crippen LogP contribution in [0.3, 0.4) is 0 Å². The quantitative estimate of drug-likeness (QED) is 0.740. The molecule has 23 heavy (non-hydrogen) atoms. The van der Waals surface area contributed by atoms with Gasteiger partial charge in [-0.05, 0) is 34.7 Å². The van der Waals surface area contributed by atoms with Gasteiger partial charge in [0.15, 0.2) is 0 Å². The molecule has 0 aliphatic carbocycles. The molecule has 3 nitrogen and oxygen atoms in total. The van der Waals surface area contributed by atoms with Crippen LogP contribution in [-0.2, 0) is 4.79 Å². The summed E-state index contributed by atoms with van der Waals surface area (Å²) in [7, 11) is 0. The third-order valence-electron chi connectivity index (χ3n) is 4.06. The molecule has 0 spiro atoms. The van der Waals surface area contributed by atoms with E-state index < -0.39 is 0 Å². The highest BCUT2D eigenvalue weighted by molar-refractivity contribution is 6.08. The molecular weight excluding hydrogens is 284 g/mol. The zero-order chi connectivity index (χ0) is 15.6. The maximum absolute atomic E-state index is 12.3. The molecule has 0 aromatic heterocycles. The Kier molecular flexibility index (Phi) is 3.31. The van der Waals surface area contributed by atoms with Gasteiger partial charge in [-0.2, -0.15) is 0 Å². The minimum Gasteiger partial charge on any atom is -0.361 e. The molecule has 1 heterocycles. The van der Waals surface area contributed by atoms with E-state index in [1.54, 1.807) is 0 Å². The molecule has 0 bridgehead atoms. The summed E-state index contributed by atoms with van der Waals surface area (Å²) in [5, 5.41) is 8.60. The van der Waals surface area contributed by atoms with Crippen LogP contribution in [0.2, 0.25) is 0 Å². The number of amides is 1. The number of hydrogen-bond acceptors (Lipinski definition) is 2.